The fourth-order valence-corrected chi connectivity index (χ4v) is 1.41. The number of hydrogen-bond donors (Lipinski definition) is 1. The molecule has 1 aromatic rings. The maximum atomic E-state index is 12.7. The molecule has 0 heterocycles. The Bertz CT molecular complexity index is 505. The Morgan fingerprint density at radius 2 is 2.31 bits per heavy atom. The first-order chi connectivity index (χ1) is 7.54. The first kappa shape index (κ1) is 12.2. The van der Waals surface area contributed by atoms with Crippen LogP contribution in [-0.4, -0.2) is 11.1 Å². The van der Waals surface area contributed by atoms with E-state index in [0.717, 1.165) is 6.08 Å². The summed E-state index contributed by atoms with van der Waals surface area (Å²) in [7, 11) is 0. The zero-order valence-corrected chi connectivity index (χ0v) is 9.35. The molecular formula is C9H5BrFN3O2. The van der Waals surface area contributed by atoms with Gasteiger partial charge < -0.3 is 5.11 Å². The number of rotatable bonds is 3. The molecule has 5 nitrogen and oxygen atoms in total. The van der Waals surface area contributed by atoms with Crippen molar-refractivity contribution in [1.82, 2.24) is 0 Å². The minimum absolute atomic E-state index is 0.374. The Hall–Kier alpha value is -1.85. The van der Waals surface area contributed by atoms with Crippen LogP contribution >= 0.6 is 15.9 Å². The Morgan fingerprint density at radius 3 is 2.81 bits per heavy atom. The van der Waals surface area contributed by atoms with Crippen LogP contribution in [0.2, 0.25) is 0 Å². The normalized spacial score (nSPS) is 10.8. The van der Waals surface area contributed by atoms with Crippen molar-refractivity contribution in [2.75, 3.05) is 0 Å². The van der Waals surface area contributed by atoms with Gasteiger partial charge in [-0.2, -0.15) is 0 Å². The molecule has 0 aliphatic carbocycles. The number of hydrogen-bond acceptors (Lipinski definition) is 2. The van der Waals surface area contributed by atoms with E-state index in [2.05, 4.69) is 26.0 Å². The van der Waals surface area contributed by atoms with Crippen molar-refractivity contribution in [3.05, 3.63) is 50.2 Å². The quantitative estimate of drug-likeness (QED) is 0.400. The van der Waals surface area contributed by atoms with Gasteiger partial charge in [-0.25, -0.2) is 9.18 Å². The SMILES string of the molecule is [N-]=[N+]=N/C(=C\c1ccc(F)cc1Br)C(=O)O. The highest BCUT2D eigenvalue weighted by Crippen LogP contribution is 2.21. The number of benzene rings is 1. The van der Waals surface area contributed by atoms with Crippen molar-refractivity contribution in [2.45, 2.75) is 0 Å². The van der Waals surface area contributed by atoms with Gasteiger partial charge in [-0.05, 0) is 29.3 Å². The second-order valence-corrected chi connectivity index (χ2v) is 3.54. The van der Waals surface area contributed by atoms with Crippen LogP contribution in [0.5, 0.6) is 0 Å². The van der Waals surface area contributed by atoms with Crippen LogP contribution in [0, 0.1) is 5.82 Å². The van der Waals surface area contributed by atoms with Gasteiger partial charge in [0.1, 0.15) is 11.5 Å². The molecule has 0 atom stereocenters. The molecule has 7 heteroatoms. The van der Waals surface area contributed by atoms with Crippen molar-refractivity contribution < 1.29 is 14.3 Å². The molecular weight excluding hydrogens is 281 g/mol. The molecule has 0 saturated heterocycles. The van der Waals surface area contributed by atoms with Gasteiger partial charge in [0.25, 0.3) is 0 Å². The fraction of sp³-hybridized carbons (Fsp3) is 0. The Balaban J connectivity index is 3.23. The topological polar surface area (TPSA) is 86.1 Å². The summed E-state index contributed by atoms with van der Waals surface area (Å²) >= 11 is 3.06. The van der Waals surface area contributed by atoms with Crippen molar-refractivity contribution in [3.63, 3.8) is 0 Å². The van der Waals surface area contributed by atoms with E-state index in [-0.39, 0.29) is 0 Å². The molecule has 0 fully saturated rings. The number of nitrogens with zero attached hydrogens (tertiary/aromatic N) is 3. The van der Waals surface area contributed by atoms with Crippen LogP contribution in [0.1, 0.15) is 5.56 Å². The van der Waals surface area contributed by atoms with Crippen LogP contribution in [0.4, 0.5) is 4.39 Å². The van der Waals surface area contributed by atoms with Gasteiger partial charge in [-0.15, -0.1) is 0 Å². The van der Waals surface area contributed by atoms with E-state index in [9.17, 15) is 9.18 Å². The number of carbonyl (C=O) groups is 1. The van der Waals surface area contributed by atoms with Gasteiger partial charge in [0, 0.05) is 9.38 Å². The minimum atomic E-state index is -1.35. The van der Waals surface area contributed by atoms with Gasteiger partial charge >= 0.3 is 5.97 Å². The molecule has 0 amide bonds. The monoisotopic (exact) mass is 285 g/mol. The fourth-order valence-electron chi connectivity index (χ4n) is 0.947. The van der Waals surface area contributed by atoms with Gasteiger partial charge in [0.2, 0.25) is 0 Å². The third-order valence-corrected chi connectivity index (χ3v) is 2.31. The van der Waals surface area contributed by atoms with E-state index >= 15 is 0 Å². The van der Waals surface area contributed by atoms with E-state index in [0.29, 0.717) is 10.0 Å². The lowest BCUT2D eigenvalue weighted by molar-refractivity contribution is -0.132. The third-order valence-electron chi connectivity index (χ3n) is 1.63. The molecule has 0 saturated carbocycles. The van der Waals surface area contributed by atoms with Crippen molar-refractivity contribution >= 4 is 28.0 Å². The van der Waals surface area contributed by atoms with Crippen LogP contribution < -0.4 is 0 Å². The second-order valence-electron chi connectivity index (χ2n) is 2.69. The highest BCUT2D eigenvalue weighted by atomic mass is 79.9. The lowest BCUT2D eigenvalue weighted by atomic mass is 10.2. The molecule has 1 aromatic carbocycles. The van der Waals surface area contributed by atoms with Crippen LogP contribution in [0.25, 0.3) is 16.5 Å². The molecule has 0 unspecified atom stereocenters. The first-order valence-corrected chi connectivity index (χ1v) is 4.79. The number of carboxylic acids is 1. The zero-order chi connectivity index (χ0) is 12.1. The second kappa shape index (κ2) is 5.29. The Labute approximate surface area is 98.0 Å². The molecule has 0 aromatic heterocycles. The zero-order valence-electron chi connectivity index (χ0n) is 7.76. The maximum absolute atomic E-state index is 12.7. The minimum Gasteiger partial charge on any atom is -0.478 e. The maximum Gasteiger partial charge on any atom is 0.338 e. The van der Waals surface area contributed by atoms with E-state index < -0.39 is 17.5 Å². The highest BCUT2D eigenvalue weighted by Gasteiger charge is 2.06. The Kier molecular flexibility index (Phi) is 4.04. The largest absolute Gasteiger partial charge is 0.478 e. The highest BCUT2D eigenvalue weighted by molar-refractivity contribution is 9.10. The summed E-state index contributed by atoms with van der Waals surface area (Å²) in [5.41, 5.74) is 8.10. The molecule has 82 valence electrons. The van der Waals surface area contributed by atoms with Crippen molar-refractivity contribution in [3.8, 4) is 0 Å². The van der Waals surface area contributed by atoms with Gasteiger partial charge in [-0.3, -0.25) is 0 Å². The van der Waals surface area contributed by atoms with Gasteiger partial charge in [0.05, 0.1) is 0 Å². The summed E-state index contributed by atoms with van der Waals surface area (Å²) in [6.07, 6.45) is 1.14. The van der Waals surface area contributed by atoms with Crippen LogP contribution in [0.3, 0.4) is 0 Å². The number of aliphatic carboxylic acids is 1. The van der Waals surface area contributed by atoms with E-state index in [1.807, 2.05) is 0 Å². The molecule has 1 rings (SSSR count). The van der Waals surface area contributed by atoms with E-state index in [1.54, 1.807) is 0 Å². The van der Waals surface area contributed by atoms with Crippen LogP contribution in [-0.2, 0) is 4.79 Å². The molecule has 0 spiro atoms. The Morgan fingerprint density at radius 1 is 1.62 bits per heavy atom. The van der Waals surface area contributed by atoms with E-state index in [4.69, 9.17) is 10.6 Å². The van der Waals surface area contributed by atoms with Crippen molar-refractivity contribution in [1.29, 1.82) is 0 Å². The first-order valence-electron chi connectivity index (χ1n) is 3.99. The lowest BCUT2D eigenvalue weighted by Crippen LogP contribution is -1.96. The summed E-state index contributed by atoms with van der Waals surface area (Å²) in [5.74, 6) is -1.81. The molecule has 0 aliphatic rings. The molecule has 16 heavy (non-hydrogen) atoms. The van der Waals surface area contributed by atoms with Gasteiger partial charge in [-0.1, -0.05) is 27.1 Å². The average Bonchev–Trinajstić information content (AvgIpc) is 2.20. The number of azide groups is 1. The molecule has 1 N–H and O–H groups in total. The molecule has 0 bridgehead atoms. The average molecular weight is 286 g/mol. The van der Waals surface area contributed by atoms with Crippen LogP contribution in [0.15, 0.2) is 33.5 Å². The summed E-state index contributed by atoms with van der Waals surface area (Å²) in [6.45, 7) is 0. The molecule has 0 radical (unpaired) electrons. The predicted octanol–water partition coefficient (Wildman–Crippen LogP) is 3.32. The van der Waals surface area contributed by atoms with E-state index in [1.165, 1.54) is 18.2 Å². The summed E-state index contributed by atoms with van der Waals surface area (Å²) < 4.78 is 13.1. The summed E-state index contributed by atoms with van der Waals surface area (Å²) in [6, 6.07) is 3.72. The lowest BCUT2D eigenvalue weighted by Gasteiger charge is -1.99. The molecule has 0 aliphatic heterocycles. The number of carboxylic acid groups (broad SMARTS) is 1. The smallest absolute Gasteiger partial charge is 0.338 e. The summed E-state index contributed by atoms with van der Waals surface area (Å²) in [4.78, 5) is 13.0. The predicted molar refractivity (Wildman–Crippen MR) is 58.9 cm³/mol. The van der Waals surface area contributed by atoms with Crippen molar-refractivity contribution in [2.24, 2.45) is 5.11 Å². The standard InChI is InChI=1S/C9H5BrFN3O2/c10-7-4-6(11)2-1-5(7)3-8(9(15)16)13-14-12/h1-4H,(H,15,16)/b8-3-. The van der Waals surface area contributed by atoms with Gasteiger partial charge in [0.15, 0.2) is 0 Å². The summed E-state index contributed by atoms with van der Waals surface area (Å²) in [5, 5.41) is 11.7. The third kappa shape index (κ3) is 3.08. The number of halogens is 2.